The molecule has 1 saturated heterocycles. The lowest BCUT2D eigenvalue weighted by atomic mass is 9.99. The van der Waals surface area contributed by atoms with Crippen LogP contribution in [0.5, 0.6) is 0 Å². The van der Waals surface area contributed by atoms with Gasteiger partial charge in [-0.15, -0.1) is 0 Å². The lowest BCUT2D eigenvalue weighted by Crippen LogP contribution is -2.68. The summed E-state index contributed by atoms with van der Waals surface area (Å²) in [6, 6.07) is 21.2. The van der Waals surface area contributed by atoms with Gasteiger partial charge in [0.1, 0.15) is 6.10 Å². The van der Waals surface area contributed by atoms with Crippen LogP contribution in [0.1, 0.15) is 47.5 Å². The van der Waals surface area contributed by atoms with E-state index in [0.29, 0.717) is 6.42 Å². The quantitative estimate of drug-likeness (QED) is 0.499. The summed E-state index contributed by atoms with van der Waals surface area (Å²) in [5.41, 5.74) is 0. The average molecular weight is 410 g/mol. The van der Waals surface area contributed by atoms with E-state index < -0.39 is 8.32 Å². The molecule has 1 aliphatic heterocycles. The maximum Gasteiger partial charge on any atom is 0.309 e. The Hall–Kier alpha value is -1.91. The van der Waals surface area contributed by atoms with Gasteiger partial charge in [0.05, 0.1) is 12.0 Å². The van der Waals surface area contributed by atoms with Crippen LogP contribution in [0.15, 0.2) is 60.7 Å². The van der Waals surface area contributed by atoms with Crippen molar-refractivity contribution in [3.63, 3.8) is 0 Å². The molecule has 1 radical (unpaired) electrons. The highest BCUT2D eigenvalue weighted by atomic mass is 28.4. The van der Waals surface area contributed by atoms with Crippen LogP contribution >= 0.6 is 0 Å². The third-order valence-corrected chi connectivity index (χ3v) is 11.1. The molecule has 0 aromatic heterocycles. The Morgan fingerprint density at radius 3 is 1.97 bits per heavy atom. The summed E-state index contributed by atoms with van der Waals surface area (Å²) in [7, 11) is -2.66. The minimum Gasteiger partial charge on any atom is -0.459 e. The predicted octanol–water partition coefficient (Wildman–Crippen LogP) is 4.50. The fourth-order valence-electron chi connectivity index (χ4n) is 4.47. The summed E-state index contributed by atoms with van der Waals surface area (Å²) in [6.07, 6.45) is 3.12. The highest BCUT2D eigenvalue weighted by Gasteiger charge is 2.53. The molecule has 29 heavy (non-hydrogen) atoms. The molecule has 155 valence electrons. The Labute approximate surface area is 176 Å². The van der Waals surface area contributed by atoms with Crippen molar-refractivity contribution in [2.75, 3.05) is 0 Å². The number of carbonyl (C=O) groups is 1. The molecule has 0 aliphatic carbocycles. The normalized spacial score (nSPS) is 21.1. The minimum atomic E-state index is -2.66. The summed E-state index contributed by atoms with van der Waals surface area (Å²) in [4.78, 5) is 12.2. The summed E-state index contributed by atoms with van der Waals surface area (Å²) in [5.74, 6) is -0.251. The number of carbonyl (C=O) groups excluding carboxylic acids is 1. The Bertz CT molecular complexity index is 758. The maximum atomic E-state index is 12.2. The zero-order chi connectivity index (χ0) is 21.1. The molecule has 3 nitrogen and oxygen atoms in total. The molecule has 3 rings (SSSR count). The fourth-order valence-corrected chi connectivity index (χ4v) is 9.26. The average Bonchev–Trinajstić information content (AvgIpc) is 3.10. The van der Waals surface area contributed by atoms with Gasteiger partial charge in [-0.25, -0.2) is 0 Å². The van der Waals surface area contributed by atoms with E-state index in [-0.39, 0.29) is 29.1 Å². The Morgan fingerprint density at radius 1 is 1.07 bits per heavy atom. The van der Waals surface area contributed by atoms with Crippen molar-refractivity contribution in [3.8, 4) is 0 Å². The van der Waals surface area contributed by atoms with E-state index in [2.05, 4.69) is 76.2 Å². The number of hydrogen-bond donors (Lipinski definition) is 0. The summed E-state index contributed by atoms with van der Waals surface area (Å²) in [6.45, 7) is 10.9. The van der Waals surface area contributed by atoms with E-state index in [1.807, 2.05) is 25.5 Å². The van der Waals surface area contributed by atoms with Crippen LogP contribution in [0.3, 0.4) is 0 Å². The molecule has 1 fully saturated rings. The second kappa shape index (κ2) is 8.84. The monoisotopic (exact) mass is 409 g/mol. The lowest BCUT2D eigenvalue weighted by Gasteiger charge is -2.45. The SMILES string of the molecule is C[CH][C@H]1C[C@@H]([C@H](CC)O[Si](c2ccccc2)(c2ccccc2)C(C)(C)C)OC1=O. The largest absolute Gasteiger partial charge is 0.459 e. The van der Waals surface area contributed by atoms with Crippen molar-refractivity contribution in [3.05, 3.63) is 67.1 Å². The fraction of sp³-hybridized carbons (Fsp3) is 0.440. The second-order valence-electron chi connectivity index (χ2n) is 8.88. The molecule has 0 saturated carbocycles. The van der Waals surface area contributed by atoms with Crippen LogP contribution in [0.2, 0.25) is 5.04 Å². The van der Waals surface area contributed by atoms with E-state index in [9.17, 15) is 4.79 Å². The van der Waals surface area contributed by atoms with Crippen molar-refractivity contribution in [2.24, 2.45) is 5.92 Å². The molecule has 4 heteroatoms. The minimum absolute atomic E-state index is 0.0952. The first kappa shape index (κ1) is 21.8. The van der Waals surface area contributed by atoms with Gasteiger partial charge in [0.2, 0.25) is 0 Å². The highest BCUT2D eigenvalue weighted by Crippen LogP contribution is 2.39. The molecule has 0 spiro atoms. The van der Waals surface area contributed by atoms with Gasteiger partial charge < -0.3 is 9.16 Å². The predicted molar refractivity (Wildman–Crippen MR) is 121 cm³/mol. The third kappa shape index (κ3) is 4.19. The summed E-state index contributed by atoms with van der Waals surface area (Å²) < 4.78 is 13.0. The van der Waals surface area contributed by atoms with Gasteiger partial charge in [-0.3, -0.25) is 4.79 Å². The first-order valence-electron chi connectivity index (χ1n) is 10.6. The Kier molecular flexibility index (Phi) is 6.64. The number of ether oxygens (including phenoxy) is 1. The Balaban J connectivity index is 2.09. The smallest absolute Gasteiger partial charge is 0.309 e. The van der Waals surface area contributed by atoms with Gasteiger partial charge >= 0.3 is 5.97 Å². The first-order valence-corrected chi connectivity index (χ1v) is 12.5. The van der Waals surface area contributed by atoms with E-state index in [4.69, 9.17) is 9.16 Å². The second-order valence-corrected chi connectivity index (χ2v) is 13.1. The van der Waals surface area contributed by atoms with E-state index >= 15 is 0 Å². The van der Waals surface area contributed by atoms with E-state index in [1.54, 1.807) is 0 Å². The molecule has 1 aliphatic rings. The van der Waals surface area contributed by atoms with Crippen LogP contribution in [0.4, 0.5) is 0 Å². The molecule has 2 aromatic rings. The topological polar surface area (TPSA) is 35.5 Å². The maximum absolute atomic E-state index is 12.2. The molecule has 2 aromatic carbocycles. The van der Waals surface area contributed by atoms with Gasteiger partial charge in [-0.05, 0) is 28.3 Å². The first-order chi connectivity index (χ1) is 13.8. The number of benzene rings is 2. The number of rotatable bonds is 7. The third-order valence-electron chi connectivity index (χ3n) is 6.02. The van der Waals surface area contributed by atoms with Crippen LogP contribution in [0, 0.1) is 12.3 Å². The molecular weight excluding hydrogens is 376 g/mol. The molecule has 3 atom stereocenters. The Morgan fingerprint density at radius 2 is 1.59 bits per heavy atom. The van der Waals surface area contributed by atoms with Crippen LogP contribution < -0.4 is 10.4 Å². The van der Waals surface area contributed by atoms with Gasteiger partial charge in [0.25, 0.3) is 8.32 Å². The van der Waals surface area contributed by atoms with Gasteiger partial charge in [0, 0.05) is 6.42 Å². The molecular formula is C25H33O3Si. The molecule has 1 heterocycles. The van der Waals surface area contributed by atoms with Crippen molar-refractivity contribution in [2.45, 2.75) is 64.7 Å². The molecule has 0 bridgehead atoms. The molecule has 0 N–H and O–H groups in total. The van der Waals surface area contributed by atoms with E-state index in [1.165, 1.54) is 10.4 Å². The van der Waals surface area contributed by atoms with E-state index in [0.717, 1.165) is 6.42 Å². The highest BCUT2D eigenvalue weighted by molar-refractivity contribution is 6.99. The number of hydrogen-bond acceptors (Lipinski definition) is 3. The van der Waals surface area contributed by atoms with Crippen molar-refractivity contribution < 1.29 is 14.0 Å². The van der Waals surface area contributed by atoms with Crippen molar-refractivity contribution in [1.82, 2.24) is 0 Å². The molecule has 0 amide bonds. The van der Waals surface area contributed by atoms with Gasteiger partial charge in [0.15, 0.2) is 0 Å². The van der Waals surface area contributed by atoms with Gasteiger partial charge in [-0.2, -0.15) is 0 Å². The van der Waals surface area contributed by atoms with Gasteiger partial charge in [-0.1, -0.05) is 95.3 Å². The van der Waals surface area contributed by atoms with Crippen LogP contribution in [-0.4, -0.2) is 26.5 Å². The lowest BCUT2D eigenvalue weighted by molar-refractivity contribution is -0.146. The van der Waals surface area contributed by atoms with Crippen LogP contribution in [-0.2, 0) is 14.0 Å². The van der Waals surface area contributed by atoms with Crippen molar-refractivity contribution >= 4 is 24.7 Å². The number of cyclic esters (lactones) is 1. The zero-order valence-corrected chi connectivity index (χ0v) is 19.2. The summed E-state index contributed by atoms with van der Waals surface area (Å²) >= 11 is 0. The van der Waals surface area contributed by atoms with Crippen molar-refractivity contribution in [1.29, 1.82) is 0 Å². The van der Waals surface area contributed by atoms with Crippen LogP contribution in [0.25, 0.3) is 0 Å². The number of esters is 1. The standard InChI is InChI=1S/C25H33O3Si/c1-6-19-18-23(27-24(19)26)22(7-2)28-29(25(3,4)5,20-14-10-8-11-15-20)21-16-12-9-13-17-21/h6,8-17,19,22-23H,7,18H2,1-5H3/t19-,22-,23-/m0/s1. The summed E-state index contributed by atoms with van der Waals surface area (Å²) in [5, 5.41) is 2.40. The zero-order valence-electron chi connectivity index (χ0n) is 18.2. The molecule has 0 unspecified atom stereocenters.